The molecule has 3 aromatic rings. The fourth-order valence-corrected chi connectivity index (χ4v) is 4.07. The van der Waals surface area contributed by atoms with E-state index in [1.165, 1.54) is 0 Å². The maximum atomic E-state index is 13.1. The van der Waals surface area contributed by atoms with Crippen LogP contribution in [-0.2, 0) is 9.84 Å². The Labute approximate surface area is 160 Å². The second-order valence-electron chi connectivity index (χ2n) is 6.40. The van der Waals surface area contributed by atoms with Crippen molar-refractivity contribution >= 4 is 31.7 Å². The quantitative estimate of drug-likeness (QED) is 0.625. The van der Waals surface area contributed by atoms with Gasteiger partial charge in [0.05, 0.1) is 4.90 Å². The van der Waals surface area contributed by atoms with Crippen molar-refractivity contribution in [1.82, 2.24) is 4.98 Å². The number of halogens is 1. The summed E-state index contributed by atoms with van der Waals surface area (Å²) >= 11 is 3.32. The van der Waals surface area contributed by atoms with E-state index in [2.05, 4.69) is 26.2 Å². The molecule has 0 amide bonds. The zero-order valence-electron chi connectivity index (χ0n) is 14.1. The highest BCUT2D eigenvalue weighted by molar-refractivity contribution is 9.10. The molecule has 0 aliphatic heterocycles. The number of aryl methyl sites for hydroxylation is 1. The molecule has 0 radical (unpaired) electrons. The highest BCUT2D eigenvalue weighted by atomic mass is 79.9. The fraction of sp³-hybridized carbons (Fsp3) is 0.211. The second kappa shape index (κ2) is 6.55. The van der Waals surface area contributed by atoms with Crippen LogP contribution in [-0.4, -0.2) is 19.4 Å². The van der Waals surface area contributed by atoms with E-state index in [4.69, 9.17) is 4.42 Å². The van der Waals surface area contributed by atoms with Crippen LogP contribution in [0.2, 0.25) is 0 Å². The summed E-state index contributed by atoms with van der Waals surface area (Å²) in [6, 6.07) is 14.4. The van der Waals surface area contributed by atoms with E-state index in [-0.39, 0.29) is 21.8 Å². The van der Waals surface area contributed by atoms with Crippen LogP contribution < -0.4 is 5.32 Å². The van der Waals surface area contributed by atoms with E-state index < -0.39 is 9.84 Å². The third kappa shape index (κ3) is 3.41. The van der Waals surface area contributed by atoms with Gasteiger partial charge in [-0.25, -0.2) is 8.42 Å². The molecular formula is C19H17BrN2O3S. The molecule has 1 N–H and O–H groups in total. The largest absolute Gasteiger partial charge is 0.419 e. The molecule has 4 rings (SSSR count). The Morgan fingerprint density at radius 3 is 2.35 bits per heavy atom. The molecule has 1 fully saturated rings. The van der Waals surface area contributed by atoms with Gasteiger partial charge in [-0.15, -0.1) is 0 Å². The Morgan fingerprint density at radius 2 is 1.73 bits per heavy atom. The molecule has 1 heterocycles. The lowest BCUT2D eigenvalue weighted by Crippen LogP contribution is -2.08. The number of oxazole rings is 1. The summed E-state index contributed by atoms with van der Waals surface area (Å²) in [4.78, 5) is 4.52. The third-order valence-electron chi connectivity index (χ3n) is 4.19. The van der Waals surface area contributed by atoms with Gasteiger partial charge < -0.3 is 9.73 Å². The monoisotopic (exact) mass is 432 g/mol. The summed E-state index contributed by atoms with van der Waals surface area (Å²) in [7, 11) is -3.79. The SMILES string of the molecule is Cc1ccc(-c2nc(S(=O)(=O)c3ccc(Br)cc3)c(NC3CC3)o2)cc1. The average molecular weight is 433 g/mol. The van der Waals surface area contributed by atoms with Crippen LogP contribution in [0.15, 0.2) is 67.3 Å². The van der Waals surface area contributed by atoms with E-state index in [1.54, 1.807) is 24.3 Å². The maximum absolute atomic E-state index is 13.1. The number of sulfone groups is 1. The van der Waals surface area contributed by atoms with E-state index >= 15 is 0 Å². The first kappa shape index (κ1) is 17.3. The van der Waals surface area contributed by atoms with Crippen molar-refractivity contribution in [3.05, 3.63) is 58.6 Å². The van der Waals surface area contributed by atoms with Gasteiger partial charge >= 0.3 is 0 Å². The van der Waals surface area contributed by atoms with Gasteiger partial charge in [-0.3, -0.25) is 0 Å². The van der Waals surface area contributed by atoms with Gasteiger partial charge in [0.1, 0.15) is 0 Å². The van der Waals surface area contributed by atoms with Gasteiger partial charge in [-0.2, -0.15) is 4.98 Å². The van der Waals surface area contributed by atoms with Crippen molar-refractivity contribution in [2.45, 2.75) is 35.7 Å². The van der Waals surface area contributed by atoms with Crippen LogP contribution in [0.25, 0.3) is 11.5 Å². The van der Waals surface area contributed by atoms with E-state index in [0.29, 0.717) is 5.89 Å². The third-order valence-corrected chi connectivity index (χ3v) is 6.39. The van der Waals surface area contributed by atoms with E-state index in [9.17, 15) is 8.42 Å². The summed E-state index contributed by atoms with van der Waals surface area (Å²) in [5.74, 6) is 0.509. The highest BCUT2D eigenvalue weighted by Crippen LogP contribution is 2.35. The lowest BCUT2D eigenvalue weighted by Gasteiger charge is -2.05. The van der Waals surface area contributed by atoms with Crippen molar-refractivity contribution in [2.75, 3.05) is 5.32 Å². The van der Waals surface area contributed by atoms with Crippen LogP contribution in [0, 0.1) is 6.92 Å². The number of anilines is 1. The van der Waals surface area contributed by atoms with Crippen molar-refractivity contribution in [3.8, 4) is 11.5 Å². The van der Waals surface area contributed by atoms with Crippen molar-refractivity contribution < 1.29 is 12.8 Å². The molecule has 1 aromatic heterocycles. The molecule has 0 saturated heterocycles. The number of benzene rings is 2. The van der Waals surface area contributed by atoms with Gasteiger partial charge in [0.15, 0.2) is 0 Å². The number of nitrogens with zero attached hydrogens (tertiary/aromatic N) is 1. The molecule has 134 valence electrons. The van der Waals surface area contributed by atoms with Gasteiger partial charge in [0.25, 0.3) is 0 Å². The van der Waals surface area contributed by atoms with Crippen LogP contribution in [0.4, 0.5) is 5.88 Å². The van der Waals surface area contributed by atoms with E-state index in [1.807, 2.05) is 31.2 Å². The molecule has 1 aliphatic carbocycles. The number of rotatable bonds is 5. The molecule has 0 atom stereocenters. The molecule has 5 nitrogen and oxygen atoms in total. The zero-order chi connectivity index (χ0) is 18.3. The Hall–Kier alpha value is -2.12. The van der Waals surface area contributed by atoms with Gasteiger partial charge in [0.2, 0.25) is 26.6 Å². The molecule has 26 heavy (non-hydrogen) atoms. The average Bonchev–Trinajstić information content (AvgIpc) is 3.32. The minimum absolute atomic E-state index is 0.0673. The second-order valence-corrected chi connectivity index (χ2v) is 9.18. The van der Waals surface area contributed by atoms with Gasteiger partial charge in [0, 0.05) is 16.1 Å². The molecule has 0 bridgehead atoms. The number of aromatic nitrogens is 1. The van der Waals surface area contributed by atoms with Gasteiger partial charge in [-0.05, 0) is 56.2 Å². The predicted octanol–water partition coefficient (Wildman–Crippen LogP) is 4.82. The number of nitrogens with one attached hydrogen (secondary N) is 1. The minimum Gasteiger partial charge on any atom is -0.419 e. The summed E-state index contributed by atoms with van der Waals surface area (Å²) in [6.45, 7) is 1.99. The van der Waals surface area contributed by atoms with Crippen LogP contribution >= 0.6 is 15.9 Å². The lowest BCUT2D eigenvalue weighted by molar-refractivity contribution is 0.576. The van der Waals surface area contributed by atoms with Crippen LogP contribution in [0.3, 0.4) is 0 Å². The highest BCUT2D eigenvalue weighted by Gasteiger charge is 2.32. The molecule has 1 saturated carbocycles. The lowest BCUT2D eigenvalue weighted by atomic mass is 10.1. The minimum atomic E-state index is -3.79. The molecule has 1 aliphatic rings. The normalized spacial score (nSPS) is 14.4. The van der Waals surface area contributed by atoms with E-state index in [0.717, 1.165) is 28.4 Å². The Balaban J connectivity index is 1.80. The van der Waals surface area contributed by atoms with Crippen molar-refractivity contribution in [2.24, 2.45) is 0 Å². The molecule has 7 heteroatoms. The summed E-state index contributed by atoms with van der Waals surface area (Å²) in [6.07, 6.45) is 2.00. The Morgan fingerprint density at radius 1 is 1.08 bits per heavy atom. The first-order valence-corrected chi connectivity index (χ1v) is 10.6. The first-order valence-electron chi connectivity index (χ1n) is 8.28. The summed E-state index contributed by atoms with van der Waals surface area (Å²) in [5.41, 5.74) is 1.85. The Bertz CT molecular complexity index is 1040. The van der Waals surface area contributed by atoms with Crippen molar-refractivity contribution in [3.63, 3.8) is 0 Å². The van der Waals surface area contributed by atoms with Crippen molar-refractivity contribution in [1.29, 1.82) is 0 Å². The zero-order valence-corrected chi connectivity index (χ0v) is 16.5. The molecule has 0 unspecified atom stereocenters. The number of hydrogen-bond donors (Lipinski definition) is 1. The smallest absolute Gasteiger partial charge is 0.234 e. The van der Waals surface area contributed by atoms with Crippen LogP contribution in [0.1, 0.15) is 18.4 Å². The van der Waals surface area contributed by atoms with Gasteiger partial charge in [-0.1, -0.05) is 33.6 Å². The summed E-state index contributed by atoms with van der Waals surface area (Å²) in [5, 5.41) is 3.09. The fourth-order valence-electron chi connectivity index (χ4n) is 2.54. The molecular weight excluding hydrogens is 416 g/mol. The molecule has 0 spiro atoms. The Kier molecular flexibility index (Phi) is 4.36. The topological polar surface area (TPSA) is 72.2 Å². The molecule has 2 aromatic carbocycles. The summed E-state index contributed by atoms with van der Waals surface area (Å²) < 4.78 is 32.8. The first-order chi connectivity index (χ1) is 12.4. The van der Waals surface area contributed by atoms with Crippen LogP contribution in [0.5, 0.6) is 0 Å². The number of hydrogen-bond acceptors (Lipinski definition) is 5. The maximum Gasteiger partial charge on any atom is 0.234 e. The standard InChI is InChI=1S/C19H17BrN2O3S/c1-12-2-4-13(5-3-12)17-22-19(18(25-17)21-15-8-9-15)26(23,24)16-10-6-14(20)7-11-16/h2-7,10-11,15,21H,8-9H2,1H3. The predicted molar refractivity (Wildman–Crippen MR) is 103 cm³/mol.